The van der Waals surface area contributed by atoms with Crippen molar-refractivity contribution >= 4 is 0 Å². The van der Waals surface area contributed by atoms with Crippen LogP contribution in [-0.2, 0) is 0 Å². The molecule has 1 aliphatic carbocycles. The van der Waals surface area contributed by atoms with Crippen molar-refractivity contribution in [2.75, 3.05) is 14.2 Å². The van der Waals surface area contributed by atoms with Crippen LogP contribution in [0.2, 0.25) is 0 Å². The van der Waals surface area contributed by atoms with Gasteiger partial charge in [0.25, 0.3) is 0 Å². The maximum atomic E-state index is 10.1. The molecule has 0 radical (unpaired) electrons. The monoisotopic (exact) mass is 222 g/mol. The largest absolute Gasteiger partial charge is 0.493 e. The van der Waals surface area contributed by atoms with Crippen LogP contribution in [0.15, 0.2) is 18.2 Å². The highest BCUT2D eigenvalue weighted by Gasteiger charge is 2.27. The van der Waals surface area contributed by atoms with Gasteiger partial charge >= 0.3 is 0 Å². The zero-order valence-electron chi connectivity index (χ0n) is 9.77. The van der Waals surface area contributed by atoms with E-state index in [1.54, 1.807) is 14.2 Å². The van der Waals surface area contributed by atoms with Gasteiger partial charge in [-0.25, -0.2) is 0 Å². The number of rotatable bonds is 4. The van der Waals surface area contributed by atoms with E-state index in [-0.39, 0.29) is 6.10 Å². The summed E-state index contributed by atoms with van der Waals surface area (Å²) in [5, 5.41) is 10.1. The summed E-state index contributed by atoms with van der Waals surface area (Å²) in [6.45, 7) is 0. The quantitative estimate of drug-likeness (QED) is 0.850. The first-order valence-corrected chi connectivity index (χ1v) is 5.66. The van der Waals surface area contributed by atoms with E-state index in [4.69, 9.17) is 9.47 Å². The lowest BCUT2D eigenvalue weighted by molar-refractivity contribution is 0.0619. The van der Waals surface area contributed by atoms with E-state index < -0.39 is 0 Å². The van der Waals surface area contributed by atoms with Crippen LogP contribution in [0.3, 0.4) is 0 Å². The molecule has 1 atom stereocenters. The van der Waals surface area contributed by atoms with E-state index in [9.17, 15) is 5.11 Å². The summed E-state index contributed by atoms with van der Waals surface area (Å²) in [5.41, 5.74) is 0.919. The molecule has 1 aromatic carbocycles. The molecule has 0 aliphatic heterocycles. The Bertz CT molecular complexity index is 358. The third-order valence-electron chi connectivity index (χ3n) is 3.35. The number of ether oxygens (including phenoxy) is 2. The van der Waals surface area contributed by atoms with Gasteiger partial charge in [-0.2, -0.15) is 0 Å². The van der Waals surface area contributed by atoms with Crippen LogP contribution >= 0.6 is 0 Å². The van der Waals surface area contributed by atoms with Gasteiger partial charge in [-0.1, -0.05) is 12.5 Å². The summed E-state index contributed by atoms with van der Waals surface area (Å²) in [7, 11) is 3.22. The molecule has 1 saturated carbocycles. The number of hydrogen-bond donors (Lipinski definition) is 1. The molecule has 16 heavy (non-hydrogen) atoms. The predicted molar refractivity (Wildman–Crippen MR) is 61.8 cm³/mol. The topological polar surface area (TPSA) is 38.7 Å². The van der Waals surface area contributed by atoms with Crippen LogP contribution in [0.25, 0.3) is 0 Å². The zero-order chi connectivity index (χ0) is 11.5. The van der Waals surface area contributed by atoms with Crippen molar-refractivity contribution in [2.45, 2.75) is 25.4 Å². The Morgan fingerprint density at radius 3 is 2.38 bits per heavy atom. The van der Waals surface area contributed by atoms with Crippen LogP contribution in [0, 0.1) is 5.92 Å². The number of hydrogen-bond acceptors (Lipinski definition) is 3. The summed E-state index contributed by atoms with van der Waals surface area (Å²) in [6.07, 6.45) is 3.11. The average Bonchev–Trinajstić information content (AvgIpc) is 2.25. The van der Waals surface area contributed by atoms with Gasteiger partial charge in [-0.15, -0.1) is 0 Å². The van der Waals surface area contributed by atoms with Crippen molar-refractivity contribution in [1.82, 2.24) is 0 Å². The van der Waals surface area contributed by atoms with E-state index in [2.05, 4.69) is 0 Å². The summed E-state index contributed by atoms with van der Waals surface area (Å²) in [5.74, 6) is 1.79. The van der Waals surface area contributed by atoms with E-state index in [0.717, 1.165) is 18.4 Å². The van der Waals surface area contributed by atoms with E-state index >= 15 is 0 Å². The molecule has 88 valence electrons. The number of aliphatic hydroxyl groups is 1. The molecular weight excluding hydrogens is 204 g/mol. The van der Waals surface area contributed by atoms with Crippen LogP contribution in [0.5, 0.6) is 11.5 Å². The van der Waals surface area contributed by atoms with E-state index in [0.29, 0.717) is 17.4 Å². The normalized spacial score (nSPS) is 17.7. The molecule has 3 heteroatoms. The predicted octanol–water partition coefficient (Wildman–Crippen LogP) is 2.54. The molecule has 0 amide bonds. The molecule has 0 saturated heterocycles. The maximum absolute atomic E-state index is 10.1. The smallest absolute Gasteiger partial charge is 0.161 e. The van der Waals surface area contributed by atoms with Gasteiger partial charge in [0, 0.05) is 0 Å². The Kier molecular flexibility index (Phi) is 3.34. The SMILES string of the molecule is COc1ccc(C(O)C2CCC2)cc1OC. The van der Waals surface area contributed by atoms with Crippen LogP contribution < -0.4 is 9.47 Å². The number of benzene rings is 1. The Labute approximate surface area is 96.0 Å². The maximum Gasteiger partial charge on any atom is 0.161 e. The van der Waals surface area contributed by atoms with Crippen molar-refractivity contribution in [3.8, 4) is 11.5 Å². The van der Waals surface area contributed by atoms with Crippen LogP contribution in [0.4, 0.5) is 0 Å². The van der Waals surface area contributed by atoms with Gasteiger partial charge in [-0.05, 0) is 36.5 Å². The zero-order valence-corrected chi connectivity index (χ0v) is 9.77. The molecule has 1 aromatic rings. The molecule has 0 heterocycles. The van der Waals surface area contributed by atoms with Crippen LogP contribution in [0.1, 0.15) is 30.9 Å². The molecule has 0 aromatic heterocycles. The summed E-state index contributed by atoms with van der Waals surface area (Å²) >= 11 is 0. The summed E-state index contributed by atoms with van der Waals surface area (Å²) in [4.78, 5) is 0. The second kappa shape index (κ2) is 4.74. The molecule has 1 N–H and O–H groups in total. The first kappa shape index (κ1) is 11.3. The highest BCUT2D eigenvalue weighted by molar-refractivity contribution is 5.43. The molecule has 2 rings (SSSR count). The first-order valence-electron chi connectivity index (χ1n) is 5.66. The van der Waals surface area contributed by atoms with E-state index in [1.165, 1.54) is 6.42 Å². The lowest BCUT2D eigenvalue weighted by Crippen LogP contribution is -2.19. The molecule has 1 unspecified atom stereocenters. The Balaban J connectivity index is 2.20. The van der Waals surface area contributed by atoms with Gasteiger partial charge < -0.3 is 14.6 Å². The standard InChI is InChI=1S/C13H18O3/c1-15-11-7-6-10(8-12(11)16-2)13(14)9-4-3-5-9/h6-9,13-14H,3-5H2,1-2H3. The number of methoxy groups -OCH3 is 2. The van der Waals surface area contributed by atoms with Gasteiger partial charge in [0.2, 0.25) is 0 Å². The van der Waals surface area contributed by atoms with E-state index in [1.807, 2.05) is 18.2 Å². The Morgan fingerprint density at radius 2 is 1.88 bits per heavy atom. The second-order valence-corrected chi connectivity index (χ2v) is 4.25. The first-order chi connectivity index (χ1) is 7.76. The Hall–Kier alpha value is -1.22. The van der Waals surface area contributed by atoms with Gasteiger partial charge in [-0.3, -0.25) is 0 Å². The van der Waals surface area contributed by atoms with Gasteiger partial charge in [0.05, 0.1) is 20.3 Å². The molecule has 0 bridgehead atoms. The van der Waals surface area contributed by atoms with Gasteiger partial charge in [0.15, 0.2) is 11.5 Å². The third-order valence-corrected chi connectivity index (χ3v) is 3.35. The Morgan fingerprint density at radius 1 is 1.19 bits per heavy atom. The minimum atomic E-state index is -0.367. The third kappa shape index (κ3) is 2.00. The lowest BCUT2D eigenvalue weighted by Gasteiger charge is -2.30. The molecule has 1 fully saturated rings. The molecule has 3 nitrogen and oxygen atoms in total. The van der Waals surface area contributed by atoms with Crippen molar-refractivity contribution in [1.29, 1.82) is 0 Å². The average molecular weight is 222 g/mol. The fraction of sp³-hybridized carbons (Fsp3) is 0.538. The lowest BCUT2D eigenvalue weighted by atomic mass is 9.79. The minimum Gasteiger partial charge on any atom is -0.493 e. The minimum absolute atomic E-state index is 0.367. The highest BCUT2D eigenvalue weighted by Crippen LogP contribution is 2.39. The van der Waals surface area contributed by atoms with Crippen molar-refractivity contribution in [3.63, 3.8) is 0 Å². The van der Waals surface area contributed by atoms with Crippen molar-refractivity contribution in [3.05, 3.63) is 23.8 Å². The second-order valence-electron chi connectivity index (χ2n) is 4.25. The van der Waals surface area contributed by atoms with Crippen molar-refractivity contribution < 1.29 is 14.6 Å². The molecule has 1 aliphatic rings. The van der Waals surface area contributed by atoms with Crippen LogP contribution in [-0.4, -0.2) is 19.3 Å². The number of aliphatic hydroxyl groups excluding tert-OH is 1. The van der Waals surface area contributed by atoms with Gasteiger partial charge in [0.1, 0.15) is 0 Å². The molecular formula is C13H18O3. The van der Waals surface area contributed by atoms with Crippen molar-refractivity contribution in [2.24, 2.45) is 5.92 Å². The molecule has 0 spiro atoms. The fourth-order valence-corrected chi connectivity index (χ4v) is 2.06. The summed E-state index contributed by atoms with van der Waals surface area (Å²) in [6, 6.07) is 5.61. The summed E-state index contributed by atoms with van der Waals surface area (Å²) < 4.78 is 10.4. The highest BCUT2D eigenvalue weighted by atomic mass is 16.5. The fourth-order valence-electron chi connectivity index (χ4n) is 2.06.